The van der Waals surface area contributed by atoms with E-state index in [-0.39, 0.29) is 29.1 Å². The van der Waals surface area contributed by atoms with Gasteiger partial charge in [0.2, 0.25) is 0 Å². The Morgan fingerprint density at radius 3 is 2.71 bits per heavy atom. The number of aliphatic hydroxyl groups excluding tert-OH is 1. The Morgan fingerprint density at radius 1 is 1.26 bits per heavy atom. The Hall–Kier alpha value is -3.47. The lowest BCUT2D eigenvalue weighted by atomic mass is 9.81. The second kappa shape index (κ2) is 9.41. The minimum Gasteiger partial charge on any atom is -0.397 e. The molecule has 0 unspecified atom stereocenters. The molecule has 5 N–H and O–H groups in total. The quantitative estimate of drug-likeness (QED) is 0.448. The fourth-order valence-corrected chi connectivity index (χ4v) is 4.18. The summed E-state index contributed by atoms with van der Waals surface area (Å²) in [5.41, 5.74) is 6.03. The van der Waals surface area contributed by atoms with Crippen molar-refractivity contribution in [2.24, 2.45) is 0 Å². The SMILES string of the molecule is CC[C@]1(O)[C@H](O)C[C@H](c2ccncc2NC(=O)c2nc(-c3ccncc3F)ccc2N)O[C@@H]1C. The number of aliphatic hydroxyl groups is 2. The number of hydrogen-bond donors (Lipinski definition) is 4. The summed E-state index contributed by atoms with van der Waals surface area (Å²) in [6, 6.07) is 6.14. The third kappa shape index (κ3) is 4.35. The number of nitrogens with one attached hydrogen (secondary N) is 1. The van der Waals surface area contributed by atoms with Gasteiger partial charge in [0.05, 0.1) is 47.8 Å². The fraction of sp³-hybridized carbons (Fsp3) is 0.333. The molecule has 1 aliphatic rings. The van der Waals surface area contributed by atoms with E-state index in [0.717, 1.165) is 6.20 Å². The van der Waals surface area contributed by atoms with E-state index < -0.39 is 35.6 Å². The predicted octanol–water partition coefficient (Wildman–Crippen LogP) is 2.86. The average molecular weight is 468 g/mol. The minimum atomic E-state index is -1.35. The molecule has 4 rings (SSSR count). The molecule has 0 aromatic carbocycles. The maximum absolute atomic E-state index is 14.2. The van der Waals surface area contributed by atoms with Crippen molar-refractivity contribution in [3.63, 3.8) is 0 Å². The zero-order valence-corrected chi connectivity index (χ0v) is 18.8. The third-order valence-electron chi connectivity index (χ3n) is 6.29. The van der Waals surface area contributed by atoms with Gasteiger partial charge in [0.1, 0.15) is 5.60 Å². The summed E-state index contributed by atoms with van der Waals surface area (Å²) in [6.45, 7) is 3.48. The molecule has 178 valence electrons. The first-order valence-corrected chi connectivity index (χ1v) is 10.9. The van der Waals surface area contributed by atoms with E-state index in [9.17, 15) is 19.4 Å². The van der Waals surface area contributed by atoms with Crippen LogP contribution in [0.3, 0.4) is 0 Å². The normalized spacial score (nSPS) is 24.6. The molecule has 1 fully saturated rings. The van der Waals surface area contributed by atoms with E-state index in [4.69, 9.17) is 10.5 Å². The van der Waals surface area contributed by atoms with Crippen molar-refractivity contribution in [3.05, 3.63) is 66.1 Å². The number of nitrogens with two attached hydrogens (primary N) is 1. The molecule has 0 aliphatic carbocycles. The van der Waals surface area contributed by atoms with Crippen molar-refractivity contribution in [2.75, 3.05) is 11.1 Å². The van der Waals surface area contributed by atoms with Gasteiger partial charge in [-0.1, -0.05) is 6.92 Å². The van der Waals surface area contributed by atoms with Crippen molar-refractivity contribution in [1.29, 1.82) is 0 Å². The number of amides is 1. The lowest BCUT2D eigenvalue weighted by Gasteiger charge is -2.45. The highest BCUT2D eigenvalue weighted by Crippen LogP contribution is 2.40. The monoisotopic (exact) mass is 467 g/mol. The van der Waals surface area contributed by atoms with Crippen LogP contribution >= 0.6 is 0 Å². The first-order chi connectivity index (χ1) is 16.2. The lowest BCUT2D eigenvalue weighted by molar-refractivity contribution is -0.224. The van der Waals surface area contributed by atoms with Crippen LogP contribution in [0.25, 0.3) is 11.3 Å². The van der Waals surface area contributed by atoms with Gasteiger partial charge < -0.3 is 26.0 Å². The molecule has 3 aromatic heterocycles. The van der Waals surface area contributed by atoms with Crippen molar-refractivity contribution < 1.29 is 24.1 Å². The van der Waals surface area contributed by atoms with Gasteiger partial charge in [0.15, 0.2) is 11.5 Å². The third-order valence-corrected chi connectivity index (χ3v) is 6.29. The molecule has 10 heteroatoms. The number of hydrogen-bond acceptors (Lipinski definition) is 8. The number of carbonyl (C=O) groups excluding carboxylic acids is 1. The zero-order valence-electron chi connectivity index (χ0n) is 18.8. The number of ether oxygens (including phenoxy) is 1. The number of nitrogens with zero attached hydrogens (tertiary/aromatic N) is 3. The number of anilines is 2. The van der Waals surface area contributed by atoms with Gasteiger partial charge in [-0.3, -0.25) is 14.8 Å². The number of aromatic nitrogens is 3. The zero-order chi connectivity index (χ0) is 24.5. The molecule has 0 bridgehead atoms. The number of rotatable bonds is 5. The Balaban J connectivity index is 1.61. The van der Waals surface area contributed by atoms with E-state index in [1.165, 1.54) is 30.6 Å². The molecule has 0 radical (unpaired) electrons. The van der Waals surface area contributed by atoms with Crippen LogP contribution in [0, 0.1) is 5.82 Å². The minimum absolute atomic E-state index is 0.0816. The predicted molar refractivity (Wildman–Crippen MR) is 123 cm³/mol. The highest BCUT2D eigenvalue weighted by Gasteiger charge is 2.47. The molecule has 1 aliphatic heterocycles. The van der Waals surface area contributed by atoms with Crippen molar-refractivity contribution in [1.82, 2.24) is 15.0 Å². The number of halogens is 1. The summed E-state index contributed by atoms with van der Waals surface area (Å²) < 4.78 is 20.2. The molecule has 34 heavy (non-hydrogen) atoms. The van der Waals surface area contributed by atoms with Crippen LogP contribution in [-0.2, 0) is 4.74 Å². The second-order valence-corrected chi connectivity index (χ2v) is 8.27. The molecular formula is C24H26FN5O4. The van der Waals surface area contributed by atoms with Crippen LogP contribution in [0.4, 0.5) is 15.8 Å². The van der Waals surface area contributed by atoms with Crippen molar-refractivity contribution in [2.45, 2.75) is 50.6 Å². The van der Waals surface area contributed by atoms with Crippen LogP contribution in [0.15, 0.2) is 49.1 Å². The van der Waals surface area contributed by atoms with Gasteiger partial charge in [0.25, 0.3) is 5.91 Å². The van der Waals surface area contributed by atoms with E-state index in [0.29, 0.717) is 17.7 Å². The number of carbonyl (C=O) groups is 1. The molecule has 1 amide bonds. The maximum atomic E-state index is 14.2. The topological polar surface area (TPSA) is 143 Å². The summed E-state index contributed by atoms with van der Waals surface area (Å²) in [4.78, 5) is 25.2. The van der Waals surface area contributed by atoms with Gasteiger partial charge in [-0.15, -0.1) is 0 Å². The first kappa shape index (κ1) is 23.7. The lowest BCUT2D eigenvalue weighted by Crippen LogP contribution is -2.56. The van der Waals surface area contributed by atoms with Crippen molar-refractivity contribution in [3.8, 4) is 11.3 Å². The van der Waals surface area contributed by atoms with E-state index >= 15 is 0 Å². The van der Waals surface area contributed by atoms with Gasteiger partial charge >= 0.3 is 0 Å². The van der Waals surface area contributed by atoms with Crippen molar-refractivity contribution >= 4 is 17.3 Å². The smallest absolute Gasteiger partial charge is 0.276 e. The Labute approximate surface area is 195 Å². The van der Waals surface area contributed by atoms with Gasteiger partial charge in [-0.05, 0) is 37.6 Å². The van der Waals surface area contributed by atoms with E-state index in [2.05, 4.69) is 20.3 Å². The maximum Gasteiger partial charge on any atom is 0.276 e. The summed E-state index contributed by atoms with van der Waals surface area (Å²) >= 11 is 0. The highest BCUT2D eigenvalue weighted by molar-refractivity contribution is 6.06. The molecule has 1 saturated heterocycles. The molecule has 3 aromatic rings. The summed E-state index contributed by atoms with van der Waals surface area (Å²) in [5.74, 6) is -1.19. The largest absolute Gasteiger partial charge is 0.397 e. The molecule has 4 atom stereocenters. The van der Waals surface area contributed by atoms with Crippen LogP contribution in [-0.4, -0.2) is 48.9 Å². The number of pyridine rings is 3. The van der Waals surface area contributed by atoms with Gasteiger partial charge in [-0.2, -0.15) is 0 Å². The fourth-order valence-electron chi connectivity index (χ4n) is 4.18. The summed E-state index contributed by atoms with van der Waals surface area (Å²) in [6.07, 6.45) is 3.74. The highest BCUT2D eigenvalue weighted by atomic mass is 19.1. The van der Waals surface area contributed by atoms with E-state index in [1.807, 2.05) is 0 Å². The number of nitrogen functional groups attached to an aromatic ring is 1. The second-order valence-electron chi connectivity index (χ2n) is 8.27. The standard InChI is InChI=1S/C24H26FN5O4/c1-3-24(33)13(2)34-20(10-21(24)31)15-7-9-28-12-19(15)30-23(32)22-17(26)4-5-18(29-22)14-6-8-27-11-16(14)25/h4-9,11-13,20-21,31,33H,3,10,26H2,1-2H3,(H,30,32)/t13-,20-,21-,24-/m1/s1. The average Bonchev–Trinajstić information content (AvgIpc) is 2.83. The van der Waals surface area contributed by atoms with E-state index in [1.54, 1.807) is 26.1 Å². The Bertz CT molecular complexity index is 1200. The summed E-state index contributed by atoms with van der Waals surface area (Å²) in [7, 11) is 0. The molecule has 9 nitrogen and oxygen atoms in total. The summed E-state index contributed by atoms with van der Waals surface area (Å²) in [5, 5.41) is 24.0. The Morgan fingerprint density at radius 2 is 2.00 bits per heavy atom. The molecule has 4 heterocycles. The van der Waals surface area contributed by atoms with Crippen LogP contribution in [0.5, 0.6) is 0 Å². The Kier molecular flexibility index (Phi) is 6.56. The molecule has 0 spiro atoms. The van der Waals surface area contributed by atoms with Crippen LogP contribution in [0.2, 0.25) is 0 Å². The molecule has 0 saturated carbocycles. The van der Waals surface area contributed by atoms with Crippen LogP contribution < -0.4 is 11.1 Å². The van der Waals surface area contributed by atoms with Gasteiger partial charge in [0, 0.05) is 29.9 Å². The first-order valence-electron chi connectivity index (χ1n) is 10.9. The van der Waals surface area contributed by atoms with Crippen LogP contribution in [0.1, 0.15) is 48.8 Å². The molecular weight excluding hydrogens is 441 g/mol. The van der Waals surface area contributed by atoms with Gasteiger partial charge in [-0.25, -0.2) is 9.37 Å².